The molecular formula is C15H17BrN2O2. The maximum atomic E-state index is 12.3. The van der Waals surface area contributed by atoms with Crippen LogP contribution in [0.25, 0.3) is 10.9 Å². The summed E-state index contributed by atoms with van der Waals surface area (Å²) in [6.07, 6.45) is 2.31. The number of nitrogens with one attached hydrogen (secondary N) is 1. The Bertz CT molecular complexity index is 639. The van der Waals surface area contributed by atoms with Gasteiger partial charge >= 0.3 is 0 Å². The first-order valence-electron chi connectivity index (χ1n) is 6.41. The van der Waals surface area contributed by atoms with E-state index in [1.54, 1.807) is 20.2 Å². The lowest BCUT2D eigenvalue weighted by Crippen LogP contribution is -2.41. The zero-order chi connectivity index (χ0) is 14.8. The minimum absolute atomic E-state index is 0.167. The van der Waals surface area contributed by atoms with Crippen LogP contribution in [0.15, 0.2) is 34.9 Å². The van der Waals surface area contributed by atoms with E-state index in [0.717, 1.165) is 15.4 Å². The second-order valence-electron chi connectivity index (χ2n) is 4.77. The molecule has 1 atom stereocenters. The van der Waals surface area contributed by atoms with Crippen LogP contribution in [0.1, 0.15) is 20.3 Å². The second kappa shape index (κ2) is 5.89. The van der Waals surface area contributed by atoms with E-state index in [1.165, 1.54) is 0 Å². The molecule has 1 aromatic heterocycles. The standard InChI is InChI=1S/C15H17BrN2O2/c1-4-15(2,20-3)14(19)18-12-7-5-6-10-8-11(16)9-17-13(10)12/h5-9H,4H2,1-3H3,(H,18,19). The van der Waals surface area contributed by atoms with Gasteiger partial charge in [-0.15, -0.1) is 0 Å². The van der Waals surface area contributed by atoms with Crippen molar-refractivity contribution in [1.29, 1.82) is 0 Å². The van der Waals surface area contributed by atoms with Crippen LogP contribution < -0.4 is 5.32 Å². The molecule has 4 nitrogen and oxygen atoms in total. The number of methoxy groups -OCH3 is 1. The van der Waals surface area contributed by atoms with Gasteiger partial charge in [0, 0.05) is 23.2 Å². The van der Waals surface area contributed by atoms with Crippen LogP contribution >= 0.6 is 15.9 Å². The van der Waals surface area contributed by atoms with E-state index in [0.29, 0.717) is 12.1 Å². The first-order valence-corrected chi connectivity index (χ1v) is 7.20. The smallest absolute Gasteiger partial charge is 0.256 e. The third kappa shape index (κ3) is 2.83. The predicted octanol–water partition coefficient (Wildman–Crippen LogP) is 3.75. The Morgan fingerprint density at radius 3 is 2.90 bits per heavy atom. The summed E-state index contributed by atoms with van der Waals surface area (Å²) in [6, 6.07) is 7.65. The van der Waals surface area contributed by atoms with E-state index in [4.69, 9.17) is 4.74 Å². The Balaban J connectivity index is 2.37. The van der Waals surface area contributed by atoms with Crippen molar-refractivity contribution in [2.75, 3.05) is 12.4 Å². The van der Waals surface area contributed by atoms with Gasteiger partial charge in [0.15, 0.2) is 0 Å². The molecule has 2 aromatic rings. The number of hydrogen-bond donors (Lipinski definition) is 1. The summed E-state index contributed by atoms with van der Waals surface area (Å²) < 4.78 is 6.22. The molecule has 0 spiro atoms. The molecule has 0 saturated carbocycles. The fourth-order valence-electron chi connectivity index (χ4n) is 1.89. The average Bonchev–Trinajstić information content (AvgIpc) is 2.46. The first kappa shape index (κ1) is 14.9. The molecular weight excluding hydrogens is 320 g/mol. The number of rotatable bonds is 4. The number of fused-ring (bicyclic) bond motifs is 1. The maximum Gasteiger partial charge on any atom is 0.256 e. The number of para-hydroxylation sites is 1. The lowest BCUT2D eigenvalue weighted by Gasteiger charge is -2.25. The number of benzene rings is 1. The van der Waals surface area contributed by atoms with Gasteiger partial charge in [-0.1, -0.05) is 19.1 Å². The van der Waals surface area contributed by atoms with Gasteiger partial charge in [-0.3, -0.25) is 9.78 Å². The Labute approximate surface area is 126 Å². The highest BCUT2D eigenvalue weighted by Crippen LogP contribution is 2.25. The fourth-order valence-corrected chi connectivity index (χ4v) is 2.24. The average molecular weight is 337 g/mol. The van der Waals surface area contributed by atoms with Crippen LogP contribution in [-0.2, 0) is 9.53 Å². The monoisotopic (exact) mass is 336 g/mol. The molecule has 106 valence electrons. The molecule has 5 heteroatoms. The topological polar surface area (TPSA) is 51.2 Å². The number of pyridine rings is 1. The molecule has 2 rings (SSSR count). The molecule has 1 aromatic carbocycles. The van der Waals surface area contributed by atoms with Crippen molar-refractivity contribution < 1.29 is 9.53 Å². The van der Waals surface area contributed by atoms with Crippen molar-refractivity contribution in [3.63, 3.8) is 0 Å². The summed E-state index contributed by atoms with van der Waals surface area (Å²) in [5, 5.41) is 3.87. The van der Waals surface area contributed by atoms with E-state index >= 15 is 0 Å². The van der Waals surface area contributed by atoms with E-state index in [1.807, 2.05) is 31.2 Å². The van der Waals surface area contributed by atoms with Crippen molar-refractivity contribution >= 4 is 38.4 Å². The van der Waals surface area contributed by atoms with Crippen LogP contribution in [0.2, 0.25) is 0 Å². The van der Waals surface area contributed by atoms with Crippen molar-refractivity contribution in [3.8, 4) is 0 Å². The number of nitrogens with zero attached hydrogens (tertiary/aromatic N) is 1. The molecule has 0 radical (unpaired) electrons. The van der Waals surface area contributed by atoms with E-state index in [-0.39, 0.29) is 5.91 Å². The summed E-state index contributed by atoms with van der Waals surface area (Å²) in [7, 11) is 1.54. The molecule has 0 aliphatic heterocycles. The molecule has 0 aliphatic carbocycles. The van der Waals surface area contributed by atoms with Crippen molar-refractivity contribution in [2.24, 2.45) is 0 Å². The normalized spacial score (nSPS) is 14.0. The molecule has 0 aliphatic rings. The Morgan fingerprint density at radius 1 is 1.50 bits per heavy atom. The number of amides is 1. The minimum Gasteiger partial charge on any atom is -0.369 e. The van der Waals surface area contributed by atoms with E-state index in [2.05, 4.69) is 26.2 Å². The van der Waals surface area contributed by atoms with Gasteiger partial charge in [0.25, 0.3) is 5.91 Å². The summed E-state index contributed by atoms with van der Waals surface area (Å²) in [6.45, 7) is 3.69. The third-order valence-electron chi connectivity index (χ3n) is 3.53. The van der Waals surface area contributed by atoms with Crippen LogP contribution in [-0.4, -0.2) is 23.6 Å². The van der Waals surface area contributed by atoms with Crippen LogP contribution in [0.3, 0.4) is 0 Å². The van der Waals surface area contributed by atoms with Gasteiger partial charge in [-0.05, 0) is 41.4 Å². The van der Waals surface area contributed by atoms with Gasteiger partial charge < -0.3 is 10.1 Å². The zero-order valence-corrected chi connectivity index (χ0v) is 13.3. The van der Waals surface area contributed by atoms with Crippen molar-refractivity contribution in [1.82, 2.24) is 4.98 Å². The molecule has 1 N–H and O–H groups in total. The zero-order valence-electron chi connectivity index (χ0n) is 11.7. The SMILES string of the molecule is CCC(C)(OC)C(=O)Nc1cccc2cc(Br)cnc12. The number of halogens is 1. The molecule has 20 heavy (non-hydrogen) atoms. The molecule has 1 heterocycles. The Kier molecular flexibility index (Phi) is 4.40. The quantitative estimate of drug-likeness (QED) is 0.924. The molecule has 0 bridgehead atoms. The minimum atomic E-state index is -0.836. The molecule has 1 amide bonds. The fraction of sp³-hybridized carbons (Fsp3) is 0.333. The highest BCUT2D eigenvalue weighted by atomic mass is 79.9. The van der Waals surface area contributed by atoms with Gasteiger partial charge in [0.05, 0.1) is 11.2 Å². The van der Waals surface area contributed by atoms with Crippen molar-refractivity contribution in [2.45, 2.75) is 25.9 Å². The van der Waals surface area contributed by atoms with Gasteiger partial charge in [-0.25, -0.2) is 0 Å². The summed E-state index contributed by atoms with van der Waals surface area (Å²) in [4.78, 5) is 16.7. The molecule has 0 saturated heterocycles. The van der Waals surface area contributed by atoms with E-state index in [9.17, 15) is 4.79 Å². The Morgan fingerprint density at radius 2 is 2.25 bits per heavy atom. The summed E-state index contributed by atoms with van der Waals surface area (Å²) in [5.41, 5.74) is 0.618. The number of ether oxygens (including phenoxy) is 1. The number of aromatic nitrogens is 1. The lowest BCUT2D eigenvalue weighted by atomic mass is 10.0. The highest BCUT2D eigenvalue weighted by molar-refractivity contribution is 9.10. The number of carbonyl (C=O) groups is 1. The first-order chi connectivity index (χ1) is 9.50. The Hall–Kier alpha value is -1.46. The number of anilines is 1. The van der Waals surface area contributed by atoms with Gasteiger partial charge in [-0.2, -0.15) is 0 Å². The highest BCUT2D eigenvalue weighted by Gasteiger charge is 2.31. The lowest BCUT2D eigenvalue weighted by molar-refractivity contribution is -0.136. The summed E-state index contributed by atoms with van der Waals surface area (Å²) >= 11 is 3.39. The molecule has 1 unspecified atom stereocenters. The predicted molar refractivity (Wildman–Crippen MR) is 83.8 cm³/mol. The molecule has 0 fully saturated rings. The summed E-state index contributed by atoms with van der Waals surface area (Å²) in [5.74, 6) is -0.167. The third-order valence-corrected chi connectivity index (χ3v) is 3.96. The van der Waals surface area contributed by atoms with Crippen molar-refractivity contribution in [3.05, 3.63) is 34.9 Å². The number of hydrogen-bond acceptors (Lipinski definition) is 3. The van der Waals surface area contributed by atoms with Crippen LogP contribution in [0.5, 0.6) is 0 Å². The number of carbonyl (C=O) groups excluding carboxylic acids is 1. The maximum absolute atomic E-state index is 12.3. The largest absolute Gasteiger partial charge is 0.369 e. The van der Waals surface area contributed by atoms with E-state index < -0.39 is 5.60 Å². The van der Waals surface area contributed by atoms with Crippen LogP contribution in [0, 0.1) is 0 Å². The second-order valence-corrected chi connectivity index (χ2v) is 5.69. The van der Waals surface area contributed by atoms with Gasteiger partial charge in [0.1, 0.15) is 5.60 Å². The van der Waals surface area contributed by atoms with Gasteiger partial charge in [0.2, 0.25) is 0 Å². The van der Waals surface area contributed by atoms with Crippen LogP contribution in [0.4, 0.5) is 5.69 Å².